The Morgan fingerprint density at radius 1 is 0.848 bits per heavy atom. The maximum Gasteiger partial charge on any atom is 0.259 e. The number of hydrogen-bond donors (Lipinski definition) is 2. The van der Waals surface area contributed by atoms with Crippen LogP contribution >= 0.6 is 0 Å². The van der Waals surface area contributed by atoms with Crippen molar-refractivity contribution in [3.8, 4) is 0 Å². The second kappa shape index (κ2) is 6.68. The number of imide groups is 1. The first-order valence-corrected chi connectivity index (χ1v) is 11.6. The zero-order chi connectivity index (χ0) is 22.3. The van der Waals surface area contributed by atoms with Gasteiger partial charge in [-0.3, -0.25) is 14.9 Å². The van der Waals surface area contributed by atoms with Gasteiger partial charge in [0.1, 0.15) is 0 Å². The van der Waals surface area contributed by atoms with Gasteiger partial charge in [-0.1, -0.05) is 36.4 Å². The highest BCUT2D eigenvalue weighted by atomic mass is 16.2. The Labute approximate surface area is 190 Å². The van der Waals surface area contributed by atoms with Crippen molar-refractivity contribution in [2.45, 2.75) is 13.0 Å². The van der Waals surface area contributed by atoms with Gasteiger partial charge in [-0.2, -0.15) is 0 Å². The van der Waals surface area contributed by atoms with Crippen LogP contribution in [0.3, 0.4) is 0 Å². The molecule has 6 heteroatoms. The molecular formula is C27H24N4O2. The molecule has 1 saturated heterocycles. The molecule has 0 aliphatic carbocycles. The number of fused-ring (bicyclic) bond motifs is 5. The molecule has 3 aliphatic heterocycles. The van der Waals surface area contributed by atoms with Gasteiger partial charge in [-0.15, -0.1) is 0 Å². The Bertz CT molecular complexity index is 1540. The molecule has 0 bridgehead atoms. The molecule has 2 amide bonds. The number of rotatable bonds is 2. The topological polar surface area (TPSA) is 68.1 Å². The van der Waals surface area contributed by atoms with Crippen molar-refractivity contribution in [2.75, 3.05) is 13.1 Å². The molecule has 6 nitrogen and oxygen atoms in total. The van der Waals surface area contributed by atoms with Crippen LogP contribution in [0.15, 0.2) is 54.7 Å². The van der Waals surface area contributed by atoms with Crippen molar-refractivity contribution in [1.29, 1.82) is 0 Å². The van der Waals surface area contributed by atoms with Crippen LogP contribution in [0.4, 0.5) is 0 Å². The molecule has 1 fully saturated rings. The molecule has 0 saturated carbocycles. The van der Waals surface area contributed by atoms with Crippen LogP contribution in [0.5, 0.6) is 0 Å². The maximum atomic E-state index is 13.3. The van der Waals surface area contributed by atoms with E-state index in [0.29, 0.717) is 23.0 Å². The third-order valence-electron chi connectivity index (χ3n) is 7.78. The van der Waals surface area contributed by atoms with Crippen LogP contribution in [0, 0.1) is 11.8 Å². The van der Waals surface area contributed by atoms with E-state index in [1.54, 1.807) is 0 Å². The Morgan fingerprint density at radius 2 is 1.55 bits per heavy atom. The predicted octanol–water partition coefficient (Wildman–Crippen LogP) is 3.09. The highest BCUT2D eigenvalue weighted by molar-refractivity contribution is 6.51. The third-order valence-corrected chi connectivity index (χ3v) is 7.78. The fraction of sp³-hybridized carbons (Fsp3) is 0.259. The number of carbonyl (C=O) groups is 2. The monoisotopic (exact) mass is 436 g/mol. The van der Waals surface area contributed by atoms with Gasteiger partial charge in [0.15, 0.2) is 0 Å². The van der Waals surface area contributed by atoms with E-state index < -0.39 is 0 Å². The lowest BCUT2D eigenvalue weighted by Crippen LogP contribution is -2.28. The summed E-state index contributed by atoms with van der Waals surface area (Å²) in [7, 11) is 1.98. The van der Waals surface area contributed by atoms with E-state index in [9.17, 15) is 9.59 Å². The molecule has 2 N–H and O–H groups in total. The zero-order valence-electron chi connectivity index (χ0n) is 18.4. The molecule has 33 heavy (non-hydrogen) atoms. The summed E-state index contributed by atoms with van der Waals surface area (Å²) in [4.78, 5) is 26.6. The van der Waals surface area contributed by atoms with Crippen molar-refractivity contribution in [2.24, 2.45) is 18.9 Å². The molecule has 2 atom stereocenters. The summed E-state index contributed by atoms with van der Waals surface area (Å²) in [5.41, 5.74) is 6.11. The Balaban J connectivity index is 1.56. The summed E-state index contributed by atoms with van der Waals surface area (Å²) in [6.07, 6.45) is 2.88. The van der Waals surface area contributed by atoms with E-state index in [0.717, 1.165) is 59.0 Å². The van der Waals surface area contributed by atoms with Gasteiger partial charge in [0.05, 0.1) is 11.1 Å². The van der Waals surface area contributed by atoms with Crippen LogP contribution in [0.25, 0.3) is 33.0 Å². The van der Waals surface area contributed by atoms with E-state index in [2.05, 4.69) is 33.4 Å². The van der Waals surface area contributed by atoms with Gasteiger partial charge >= 0.3 is 0 Å². The standard InChI is InChI=1S/C27H24N4O2/c1-30-14-19(17-6-2-4-8-20(17)30)24-25(27(33)29-26(24)32)23-18-7-3-5-9-21(18)31-13-16-12-28-11-15(16)10-22(23)31/h2-9,14-16,28H,10-13H2,1H3,(H,29,32,33)/t15-,16+/m0/s1. The Kier molecular flexibility index (Phi) is 3.82. The molecule has 3 aliphatic rings. The number of nitrogens with zero attached hydrogens (tertiary/aromatic N) is 2. The number of hydrogen-bond acceptors (Lipinski definition) is 3. The molecule has 2 aromatic heterocycles. The number of aryl methyl sites for hydroxylation is 1. The van der Waals surface area contributed by atoms with Crippen molar-refractivity contribution in [1.82, 2.24) is 19.8 Å². The van der Waals surface area contributed by atoms with Crippen LogP contribution < -0.4 is 10.6 Å². The molecule has 4 aromatic rings. The van der Waals surface area contributed by atoms with E-state index in [1.165, 1.54) is 5.69 Å². The average Bonchev–Trinajstić information content (AvgIpc) is 3.56. The number of para-hydroxylation sites is 2. The minimum Gasteiger partial charge on any atom is -0.350 e. The minimum atomic E-state index is -0.313. The lowest BCUT2D eigenvalue weighted by Gasteiger charge is -2.28. The molecule has 0 radical (unpaired) electrons. The SMILES string of the molecule is Cn1cc(C2=C(c3c4n(c5ccccc35)C[C@H]3CNC[C@@H]3C4)C(=O)NC2=O)c2ccccc21. The van der Waals surface area contributed by atoms with Crippen molar-refractivity contribution >= 4 is 44.8 Å². The van der Waals surface area contributed by atoms with Gasteiger partial charge < -0.3 is 14.5 Å². The number of aromatic nitrogens is 2. The lowest BCUT2D eigenvalue weighted by atomic mass is 9.85. The second-order valence-electron chi connectivity index (χ2n) is 9.54. The number of nitrogens with one attached hydrogen (secondary N) is 2. The van der Waals surface area contributed by atoms with Crippen LogP contribution in [0.2, 0.25) is 0 Å². The fourth-order valence-corrected chi connectivity index (χ4v) is 6.27. The van der Waals surface area contributed by atoms with E-state index in [-0.39, 0.29) is 11.8 Å². The van der Waals surface area contributed by atoms with E-state index in [4.69, 9.17) is 0 Å². The van der Waals surface area contributed by atoms with Crippen LogP contribution in [0.1, 0.15) is 16.8 Å². The molecule has 0 spiro atoms. The van der Waals surface area contributed by atoms with Crippen molar-refractivity contribution < 1.29 is 9.59 Å². The van der Waals surface area contributed by atoms with E-state index in [1.807, 2.05) is 48.1 Å². The Hall–Kier alpha value is -3.64. The predicted molar refractivity (Wildman–Crippen MR) is 128 cm³/mol. The first-order valence-electron chi connectivity index (χ1n) is 11.6. The zero-order valence-corrected chi connectivity index (χ0v) is 18.4. The van der Waals surface area contributed by atoms with Crippen molar-refractivity contribution in [3.63, 3.8) is 0 Å². The van der Waals surface area contributed by atoms with Gasteiger partial charge in [0, 0.05) is 58.4 Å². The number of amides is 2. The molecule has 7 rings (SSSR count). The first-order chi connectivity index (χ1) is 16.1. The van der Waals surface area contributed by atoms with Gasteiger partial charge in [-0.05, 0) is 43.5 Å². The fourth-order valence-electron chi connectivity index (χ4n) is 6.27. The highest BCUT2D eigenvalue weighted by Crippen LogP contribution is 2.44. The number of carbonyl (C=O) groups excluding carboxylic acids is 2. The van der Waals surface area contributed by atoms with Crippen LogP contribution in [-0.4, -0.2) is 34.0 Å². The maximum absolute atomic E-state index is 13.3. The summed E-state index contributed by atoms with van der Waals surface area (Å²) in [5, 5.41) is 8.19. The summed E-state index contributed by atoms with van der Waals surface area (Å²) in [6, 6.07) is 16.3. The Morgan fingerprint density at radius 3 is 2.39 bits per heavy atom. The summed E-state index contributed by atoms with van der Waals surface area (Å²) < 4.78 is 4.41. The summed E-state index contributed by atoms with van der Waals surface area (Å²) >= 11 is 0. The minimum absolute atomic E-state index is 0.297. The molecule has 0 unspecified atom stereocenters. The molecule has 5 heterocycles. The van der Waals surface area contributed by atoms with Gasteiger partial charge in [-0.25, -0.2) is 0 Å². The van der Waals surface area contributed by atoms with E-state index >= 15 is 0 Å². The highest BCUT2D eigenvalue weighted by Gasteiger charge is 2.40. The summed E-state index contributed by atoms with van der Waals surface area (Å²) in [5.74, 6) is 0.550. The lowest BCUT2D eigenvalue weighted by molar-refractivity contribution is -0.122. The van der Waals surface area contributed by atoms with Gasteiger partial charge in [0.2, 0.25) is 0 Å². The molecular weight excluding hydrogens is 412 g/mol. The molecule has 164 valence electrons. The first kappa shape index (κ1) is 18.9. The smallest absolute Gasteiger partial charge is 0.259 e. The second-order valence-corrected chi connectivity index (χ2v) is 9.54. The summed E-state index contributed by atoms with van der Waals surface area (Å²) in [6.45, 7) is 2.99. The van der Waals surface area contributed by atoms with Crippen molar-refractivity contribution in [3.05, 3.63) is 71.5 Å². The average molecular weight is 437 g/mol. The van der Waals surface area contributed by atoms with Crippen LogP contribution in [-0.2, 0) is 29.6 Å². The third kappa shape index (κ3) is 2.52. The normalized spacial score (nSPS) is 22.3. The quantitative estimate of drug-likeness (QED) is 0.475. The number of benzene rings is 2. The largest absolute Gasteiger partial charge is 0.350 e. The van der Waals surface area contributed by atoms with Gasteiger partial charge in [0.25, 0.3) is 11.8 Å². The molecule has 2 aromatic carbocycles.